The highest BCUT2D eigenvalue weighted by Gasteiger charge is 2.18. The van der Waals surface area contributed by atoms with Crippen molar-refractivity contribution < 1.29 is 9.18 Å². The SMILES string of the molecule is Cc1c(F)cc(C(=O)NC2CCCCC2)cc1Br. The Kier molecular flexibility index (Phi) is 4.38. The van der Waals surface area contributed by atoms with Crippen LogP contribution in [-0.2, 0) is 0 Å². The van der Waals surface area contributed by atoms with Crippen LogP contribution in [-0.4, -0.2) is 11.9 Å². The molecule has 0 atom stereocenters. The second-order valence-corrected chi connectivity index (χ2v) is 5.73. The quantitative estimate of drug-likeness (QED) is 0.879. The summed E-state index contributed by atoms with van der Waals surface area (Å²) >= 11 is 3.27. The van der Waals surface area contributed by atoms with E-state index < -0.39 is 0 Å². The molecule has 1 aliphatic rings. The van der Waals surface area contributed by atoms with E-state index in [1.54, 1.807) is 13.0 Å². The van der Waals surface area contributed by atoms with Crippen LogP contribution in [0.25, 0.3) is 0 Å². The lowest BCUT2D eigenvalue weighted by molar-refractivity contribution is 0.0927. The average molecular weight is 314 g/mol. The van der Waals surface area contributed by atoms with E-state index in [-0.39, 0.29) is 17.8 Å². The maximum absolute atomic E-state index is 13.6. The maximum Gasteiger partial charge on any atom is 0.251 e. The zero-order chi connectivity index (χ0) is 13.1. The highest BCUT2D eigenvalue weighted by Crippen LogP contribution is 2.22. The monoisotopic (exact) mass is 313 g/mol. The van der Waals surface area contributed by atoms with Crippen LogP contribution in [0.2, 0.25) is 0 Å². The van der Waals surface area contributed by atoms with Crippen LogP contribution in [0.5, 0.6) is 0 Å². The maximum atomic E-state index is 13.6. The fourth-order valence-electron chi connectivity index (χ4n) is 2.29. The van der Waals surface area contributed by atoms with Crippen LogP contribution < -0.4 is 5.32 Å². The van der Waals surface area contributed by atoms with Gasteiger partial charge in [0.2, 0.25) is 0 Å². The van der Waals surface area contributed by atoms with E-state index in [4.69, 9.17) is 0 Å². The Hall–Kier alpha value is -0.900. The van der Waals surface area contributed by atoms with Crippen LogP contribution in [0, 0.1) is 12.7 Å². The summed E-state index contributed by atoms with van der Waals surface area (Å²) in [6.07, 6.45) is 5.63. The normalized spacial score (nSPS) is 16.6. The summed E-state index contributed by atoms with van der Waals surface area (Å²) in [4.78, 5) is 12.0. The third kappa shape index (κ3) is 3.10. The van der Waals surface area contributed by atoms with Gasteiger partial charge in [0.15, 0.2) is 0 Å². The van der Waals surface area contributed by atoms with Crippen molar-refractivity contribution in [3.05, 3.63) is 33.5 Å². The van der Waals surface area contributed by atoms with Gasteiger partial charge in [0.05, 0.1) is 0 Å². The number of carbonyl (C=O) groups is 1. The molecule has 0 heterocycles. The molecule has 0 saturated heterocycles. The molecule has 98 valence electrons. The van der Waals surface area contributed by atoms with Gasteiger partial charge in [0, 0.05) is 16.1 Å². The lowest BCUT2D eigenvalue weighted by Crippen LogP contribution is -2.36. The summed E-state index contributed by atoms with van der Waals surface area (Å²) in [5, 5.41) is 2.98. The Morgan fingerprint density at radius 1 is 1.33 bits per heavy atom. The van der Waals surface area contributed by atoms with E-state index in [0.29, 0.717) is 15.6 Å². The molecule has 1 aliphatic carbocycles. The fourth-order valence-corrected chi connectivity index (χ4v) is 2.73. The van der Waals surface area contributed by atoms with E-state index in [2.05, 4.69) is 21.2 Å². The van der Waals surface area contributed by atoms with E-state index in [9.17, 15) is 9.18 Å². The minimum absolute atomic E-state index is 0.179. The number of nitrogens with one attached hydrogen (secondary N) is 1. The van der Waals surface area contributed by atoms with Crippen molar-refractivity contribution in [3.8, 4) is 0 Å². The molecule has 0 aromatic heterocycles. The first-order valence-corrected chi connectivity index (χ1v) is 7.13. The molecule has 2 nitrogen and oxygen atoms in total. The predicted octanol–water partition coefficient (Wildman–Crippen LogP) is 3.96. The van der Waals surface area contributed by atoms with Crippen molar-refractivity contribution in [1.82, 2.24) is 5.32 Å². The summed E-state index contributed by atoms with van der Waals surface area (Å²) < 4.78 is 14.2. The van der Waals surface area contributed by atoms with Crippen LogP contribution in [0.4, 0.5) is 4.39 Å². The summed E-state index contributed by atoms with van der Waals surface area (Å²) in [5.41, 5.74) is 0.916. The van der Waals surface area contributed by atoms with Gasteiger partial charge in [-0.1, -0.05) is 35.2 Å². The van der Waals surface area contributed by atoms with Crippen LogP contribution >= 0.6 is 15.9 Å². The molecule has 0 aliphatic heterocycles. The van der Waals surface area contributed by atoms with Gasteiger partial charge in [-0.3, -0.25) is 4.79 Å². The van der Waals surface area contributed by atoms with Gasteiger partial charge >= 0.3 is 0 Å². The summed E-state index contributed by atoms with van der Waals surface area (Å²) in [5.74, 6) is -0.528. The third-order valence-electron chi connectivity index (χ3n) is 3.48. The molecule has 2 rings (SSSR count). The Morgan fingerprint density at radius 3 is 2.61 bits per heavy atom. The van der Waals surface area contributed by atoms with Crippen molar-refractivity contribution in [1.29, 1.82) is 0 Å². The van der Waals surface area contributed by atoms with E-state index in [1.807, 2.05) is 0 Å². The highest BCUT2D eigenvalue weighted by atomic mass is 79.9. The smallest absolute Gasteiger partial charge is 0.251 e. The summed E-state index contributed by atoms with van der Waals surface area (Å²) in [7, 11) is 0. The van der Waals surface area contributed by atoms with Crippen molar-refractivity contribution >= 4 is 21.8 Å². The van der Waals surface area contributed by atoms with Crippen molar-refractivity contribution in [2.45, 2.75) is 45.1 Å². The summed E-state index contributed by atoms with van der Waals surface area (Å²) in [6, 6.07) is 3.23. The first kappa shape index (κ1) is 13.5. The number of rotatable bonds is 2. The predicted molar refractivity (Wildman–Crippen MR) is 73.2 cm³/mol. The van der Waals surface area contributed by atoms with Gasteiger partial charge in [-0.25, -0.2) is 4.39 Å². The van der Waals surface area contributed by atoms with Crippen LogP contribution in [0.15, 0.2) is 16.6 Å². The topological polar surface area (TPSA) is 29.1 Å². The minimum atomic E-state index is -0.349. The van der Waals surface area contributed by atoms with E-state index >= 15 is 0 Å². The molecular formula is C14H17BrFNO. The van der Waals surface area contributed by atoms with Gasteiger partial charge in [0.25, 0.3) is 5.91 Å². The van der Waals surface area contributed by atoms with Gasteiger partial charge in [-0.2, -0.15) is 0 Å². The van der Waals surface area contributed by atoms with E-state index in [0.717, 1.165) is 25.7 Å². The average Bonchev–Trinajstić information content (AvgIpc) is 2.36. The molecule has 1 amide bonds. The number of carbonyl (C=O) groups excluding carboxylic acids is 1. The summed E-state index contributed by atoms with van der Waals surface area (Å²) in [6.45, 7) is 1.68. The van der Waals surface area contributed by atoms with Crippen LogP contribution in [0.3, 0.4) is 0 Å². The molecule has 0 spiro atoms. The molecule has 1 N–H and O–H groups in total. The van der Waals surface area contributed by atoms with Crippen molar-refractivity contribution in [2.75, 3.05) is 0 Å². The number of benzene rings is 1. The molecule has 1 fully saturated rings. The standard InChI is InChI=1S/C14H17BrFNO/c1-9-12(15)7-10(8-13(9)16)14(18)17-11-5-3-2-4-6-11/h7-8,11H,2-6H2,1H3,(H,17,18). The largest absolute Gasteiger partial charge is 0.349 e. The molecule has 0 unspecified atom stereocenters. The lowest BCUT2D eigenvalue weighted by Gasteiger charge is -2.22. The number of halogens is 2. The Balaban J connectivity index is 2.08. The highest BCUT2D eigenvalue weighted by molar-refractivity contribution is 9.10. The van der Waals surface area contributed by atoms with Gasteiger partial charge in [-0.05, 0) is 37.5 Å². The zero-order valence-corrected chi connectivity index (χ0v) is 12.0. The van der Waals surface area contributed by atoms with E-state index in [1.165, 1.54) is 12.5 Å². The third-order valence-corrected chi connectivity index (χ3v) is 4.31. The van der Waals surface area contributed by atoms with Gasteiger partial charge in [-0.15, -0.1) is 0 Å². The molecular weight excluding hydrogens is 297 g/mol. The minimum Gasteiger partial charge on any atom is -0.349 e. The second kappa shape index (κ2) is 5.83. The van der Waals surface area contributed by atoms with Gasteiger partial charge in [0.1, 0.15) is 5.82 Å². The molecule has 18 heavy (non-hydrogen) atoms. The first-order chi connectivity index (χ1) is 8.58. The zero-order valence-electron chi connectivity index (χ0n) is 10.4. The molecule has 4 heteroatoms. The lowest BCUT2D eigenvalue weighted by atomic mass is 9.95. The first-order valence-electron chi connectivity index (χ1n) is 6.34. The molecule has 0 bridgehead atoms. The number of amides is 1. The molecule has 1 aromatic rings. The second-order valence-electron chi connectivity index (χ2n) is 4.87. The van der Waals surface area contributed by atoms with Gasteiger partial charge < -0.3 is 5.32 Å². The molecule has 1 saturated carbocycles. The van der Waals surface area contributed by atoms with Crippen molar-refractivity contribution in [3.63, 3.8) is 0 Å². The fraction of sp³-hybridized carbons (Fsp3) is 0.500. The number of hydrogen-bond donors (Lipinski definition) is 1. The molecule has 0 radical (unpaired) electrons. The Labute approximate surface area is 115 Å². The Morgan fingerprint density at radius 2 is 2.00 bits per heavy atom. The molecule has 1 aromatic carbocycles. The van der Waals surface area contributed by atoms with Crippen molar-refractivity contribution in [2.24, 2.45) is 0 Å². The van der Waals surface area contributed by atoms with Crippen LogP contribution in [0.1, 0.15) is 48.0 Å². The Bertz CT molecular complexity index is 432. The number of hydrogen-bond acceptors (Lipinski definition) is 1.